The van der Waals surface area contributed by atoms with E-state index >= 15 is 0 Å². The number of alkyl carbamates (subject to hydrolysis) is 1. The fourth-order valence-electron chi connectivity index (χ4n) is 6.13. The van der Waals surface area contributed by atoms with Gasteiger partial charge in [0.25, 0.3) is 0 Å². The predicted molar refractivity (Wildman–Crippen MR) is 159 cm³/mol. The van der Waals surface area contributed by atoms with Gasteiger partial charge < -0.3 is 15.4 Å². The molecule has 2 N–H and O–H groups in total. The van der Waals surface area contributed by atoms with E-state index in [0.29, 0.717) is 6.42 Å². The molecule has 2 heterocycles. The zero-order valence-electron chi connectivity index (χ0n) is 22.8. The molecule has 1 amide bonds. The van der Waals surface area contributed by atoms with Crippen LogP contribution in [0.3, 0.4) is 0 Å². The number of pyridine rings is 1. The minimum absolute atomic E-state index is 0. The lowest BCUT2D eigenvalue weighted by Gasteiger charge is -2.38. The number of amides is 1. The van der Waals surface area contributed by atoms with Gasteiger partial charge in [0, 0.05) is 24.2 Å². The van der Waals surface area contributed by atoms with E-state index in [9.17, 15) is 9.59 Å². The number of rotatable bonds is 9. The predicted octanol–water partition coefficient (Wildman–Crippen LogP) is 5.63. The van der Waals surface area contributed by atoms with Gasteiger partial charge in [0.2, 0.25) is 0 Å². The molecule has 0 bridgehead atoms. The number of piperidine rings is 1. The number of benzene rings is 2. The molecular formula is C32H39N3O3S. The quantitative estimate of drug-likeness (QED) is 0.364. The number of hydrogen-bond acceptors (Lipinski definition) is 5. The van der Waals surface area contributed by atoms with E-state index in [4.69, 9.17) is 4.74 Å². The lowest BCUT2D eigenvalue weighted by Crippen LogP contribution is -2.48. The molecule has 7 heteroatoms. The van der Waals surface area contributed by atoms with Gasteiger partial charge in [0.15, 0.2) is 5.78 Å². The highest BCUT2D eigenvalue weighted by atomic mass is 32.1. The topological polar surface area (TPSA) is 80.3 Å². The maximum absolute atomic E-state index is 13.7. The van der Waals surface area contributed by atoms with E-state index in [0.717, 1.165) is 38.0 Å². The van der Waals surface area contributed by atoms with Crippen LogP contribution in [0.25, 0.3) is 11.1 Å². The third kappa shape index (κ3) is 6.53. The van der Waals surface area contributed by atoms with Crippen molar-refractivity contribution in [1.29, 1.82) is 0 Å². The molecule has 3 aromatic rings. The number of Topliss-reactive ketones (excluding diaryl/α,β-unsaturated/α-hetero) is 1. The van der Waals surface area contributed by atoms with Crippen LogP contribution < -0.4 is 10.6 Å². The molecule has 6 nitrogen and oxygen atoms in total. The van der Waals surface area contributed by atoms with Gasteiger partial charge in [-0.25, -0.2) is 4.79 Å². The van der Waals surface area contributed by atoms with Crippen molar-refractivity contribution in [2.24, 2.45) is 11.3 Å². The zero-order valence-corrected chi connectivity index (χ0v) is 23.8. The van der Waals surface area contributed by atoms with Crippen molar-refractivity contribution in [2.45, 2.75) is 51.5 Å². The molecular weight excluding hydrogens is 506 g/mol. The van der Waals surface area contributed by atoms with E-state index < -0.39 is 12.1 Å². The van der Waals surface area contributed by atoms with Crippen molar-refractivity contribution in [1.82, 2.24) is 15.6 Å². The lowest BCUT2D eigenvalue weighted by molar-refractivity contribution is -0.124. The molecule has 1 aliphatic heterocycles. The van der Waals surface area contributed by atoms with Gasteiger partial charge in [-0.2, -0.15) is 13.5 Å². The van der Waals surface area contributed by atoms with Crippen molar-refractivity contribution >= 4 is 25.4 Å². The van der Waals surface area contributed by atoms with Crippen molar-refractivity contribution in [3.8, 4) is 11.1 Å². The number of nitrogens with one attached hydrogen (secondary N) is 2. The largest absolute Gasteiger partial charge is 0.449 e. The molecule has 0 spiro atoms. The van der Waals surface area contributed by atoms with E-state index in [-0.39, 0.29) is 43.1 Å². The van der Waals surface area contributed by atoms with Crippen molar-refractivity contribution < 1.29 is 14.3 Å². The van der Waals surface area contributed by atoms with Crippen LogP contribution in [0.4, 0.5) is 4.79 Å². The summed E-state index contributed by atoms with van der Waals surface area (Å²) in [6.07, 6.45) is 4.26. The second-order valence-corrected chi connectivity index (χ2v) is 11.1. The number of ketones is 1. The van der Waals surface area contributed by atoms with E-state index in [2.05, 4.69) is 39.9 Å². The summed E-state index contributed by atoms with van der Waals surface area (Å²) in [5, 5.41) is 6.34. The summed E-state index contributed by atoms with van der Waals surface area (Å²) in [5.41, 5.74) is 5.56. The third-order valence-corrected chi connectivity index (χ3v) is 8.13. The second-order valence-electron chi connectivity index (χ2n) is 11.1. The Balaban J connectivity index is 0.00000353. The Morgan fingerprint density at radius 2 is 1.59 bits per heavy atom. The number of hydrogen-bond donors (Lipinski definition) is 2. The Hall–Kier alpha value is -3.16. The molecule has 1 aliphatic carbocycles. The summed E-state index contributed by atoms with van der Waals surface area (Å²) in [5.74, 6) is 0.000620. The summed E-state index contributed by atoms with van der Waals surface area (Å²) in [6, 6.07) is 21.9. The van der Waals surface area contributed by atoms with Crippen LogP contribution in [0.15, 0.2) is 72.9 Å². The standard InChI is InChI=1S/C32H37N3O3.H2S/c1-22(2)30(29(36)20-32(14-17-33-18-15-32)19-23-9-7-8-16-34-23)35-31(37)38-21-28-26-12-5-3-10-24(26)25-11-4-6-13-27(25)28;/h3-13,16,22,28,30,33H,14-15,17-21H2,1-2H3,(H,35,37);1H2/t30-;/m0./s1. The highest BCUT2D eigenvalue weighted by Crippen LogP contribution is 2.44. The molecule has 1 saturated heterocycles. The monoisotopic (exact) mass is 545 g/mol. The van der Waals surface area contributed by atoms with Crippen molar-refractivity contribution in [3.63, 3.8) is 0 Å². The molecule has 0 radical (unpaired) electrons. The zero-order chi connectivity index (χ0) is 26.5. The number of carbonyl (C=O) groups excluding carboxylic acids is 2. The summed E-state index contributed by atoms with van der Waals surface area (Å²) < 4.78 is 5.76. The lowest BCUT2D eigenvalue weighted by atomic mass is 9.70. The van der Waals surface area contributed by atoms with Crippen LogP contribution in [-0.2, 0) is 16.0 Å². The first-order valence-electron chi connectivity index (χ1n) is 13.7. The fourth-order valence-corrected chi connectivity index (χ4v) is 6.13. The van der Waals surface area contributed by atoms with E-state index in [1.54, 1.807) is 0 Å². The molecule has 2 aromatic carbocycles. The number of nitrogens with zero attached hydrogens (tertiary/aromatic N) is 1. The maximum atomic E-state index is 13.7. The first-order valence-corrected chi connectivity index (χ1v) is 13.7. The van der Waals surface area contributed by atoms with Crippen LogP contribution in [0.2, 0.25) is 0 Å². The Labute approximate surface area is 238 Å². The second kappa shape index (κ2) is 12.8. The van der Waals surface area contributed by atoms with Crippen LogP contribution in [0.1, 0.15) is 55.8 Å². The number of fused-ring (bicyclic) bond motifs is 3. The first kappa shape index (κ1) is 28.8. The van der Waals surface area contributed by atoms with Gasteiger partial charge in [-0.3, -0.25) is 9.78 Å². The highest BCUT2D eigenvalue weighted by Gasteiger charge is 2.38. The summed E-state index contributed by atoms with van der Waals surface area (Å²) in [4.78, 5) is 31.2. The number of carbonyl (C=O) groups is 2. The third-order valence-electron chi connectivity index (χ3n) is 8.13. The smallest absolute Gasteiger partial charge is 0.407 e. The number of ether oxygens (including phenoxy) is 1. The van der Waals surface area contributed by atoms with E-state index in [1.165, 1.54) is 22.3 Å². The van der Waals surface area contributed by atoms with Crippen molar-refractivity contribution in [3.05, 3.63) is 89.7 Å². The molecule has 2 aliphatic rings. The van der Waals surface area contributed by atoms with Crippen LogP contribution in [0, 0.1) is 11.3 Å². The first-order chi connectivity index (χ1) is 18.5. The van der Waals surface area contributed by atoms with Crippen LogP contribution in [-0.4, -0.2) is 42.6 Å². The molecule has 1 aromatic heterocycles. The highest BCUT2D eigenvalue weighted by molar-refractivity contribution is 7.59. The van der Waals surface area contributed by atoms with Crippen LogP contribution >= 0.6 is 13.5 Å². The SMILES string of the molecule is CC(C)[C@H](NC(=O)OCC1c2ccccc2-c2ccccc21)C(=O)CC1(Cc2ccccn2)CCNCC1.S. The molecule has 1 atom stereocenters. The molecule has 5 rings (SSSR count). The molecule has 39 heavy (non-hydrogen) atoms. The van der Waals surface area contributed by atoms with Crippen LogP contribution in [0.5, 0.6) is 0 Å². The maximum Gasteiger partial charge on any atom is 0.407 e. The average Bonchev–Trinajstić information content (AvgIpc) is 3.25. The normalized spacial score (nSPS) is 16.5. The molecule has 1 fully saturated rings. The Bertz CT molecular complexity index is 1230. The minimum atomic E-state index is -0.596. The Morgan fingerprint density at radius 3 is 2.18 bits per heavy atom. The minimum Gasteiger partial charge on any atom is -0.449 e. The Kier molecular flexibility index (Phi) is 9.46. The average molecular weight is 546 g/mol. The van der Waals surface area contributed by atoms with Crippen molar-refractivity contribution in [2.75, 3.05) is 19.7 Å². The molecule has 0 saturated carbocycles. The summed E-state index contributed by atoms with van der Waals surface area (Å²) in [6.45, 7) is 5.94. The van der Waals surface area contributed by atoms with Gasteiger partial charge in [-0.15, -0.1) is 0 Å². The summed E-state index contributed by atoms with van der Waals surface area (Å²) in [7, 11) is 0. The van der Waals surface area contributed by atoms with Gasteiger partial charge in [-0.05, 0) is 78.1 Å². The van der Waals surface area contributed by atoms with Gasteiger partial charge in [0.05, 0.1) is 6.04 Å². The number of aromatic nitrogens is 1. The van der Waals surface area contributed by atoms with Gasteiger partial charge >= 0.3 is 6.09 Å². The van der Waals surface area contributed by atoms with Gasteiger partial charge in [0.1, 0.15) is 6.61 Å². The van der Waals surface area contributed by atoms with Gasteiger partial charge in [-0.1, -0.05) is 68.4 Å². The summed E-state index contributed by atoms with van der Waals surface area (Å²) >= 11 is 0. The molecule has 206 valence electrons. The molecule has 0 unspecified atom stereocenters. The fraction of sp³-hybridized carbons (Fsp3) is 0.406. The van der Waals surface area contributed by atoms with E-state index in [1.807, 2.05) is 62.5 Å². The Morgan fingerprint density at radius 1 is 0.974 bits per heavy atom.